The van der Waals surface area contributed by atoms with Gasteiger partial charge in [-0.05, 0) is 28.4 Å². The fraction of sp³-hybridized carbons (Fsp3) is 0.556. The van der Waals surface area contributed by atoms with Crippen molar-refractivity contribution >= 4 is 39.2 Å². The highest BCUT2D eigenvalue weighted by Gasteiger charge is 2.13. The van der Waals surface area contributed by atoms with E-state index in [9.17, 15) is 0 Å². The van der Waals surface area contributed by atoms with Gasteiger partial charge in [0.2, 0.25) is 0 Å². The lowest BCUT2D eigenvalue weighted by Crippen LogP contribution is -2.17. The number of halogens is 1. The summed E-state index contributed by atoms with van der Waals surface area (Å²) in [4.78, 5) is 5.30. The molecule has 0 bridgehead atoms. The van der Waals surface area contributed by atoms with E-state index in [1.165, 1.54) is 12.8 Å². The van der Waals surface area contributed by atoms with E-state index in [0.717, 1.165) is 15.8 Å². The highest BCUT2D eigenvalue weighted by atomic mass is 79.9. The largest absolute Gasteiger partial charge is 0.283 e. The second-order valence-corrected chi connectivity index (χ2v) is 4.25. The second kappa shape index (κ2) is 4.87. The molecule has 1 aliphatic rings. The van der Waals surface area contributed by atoms with Crippen LogP contribution in [0.25, 0.3) is 0 Å². The van der Waals surface area contributed by atoms with E-state index in [0.29, 0.717) is 0 Å². The van der Waals surface area contributed by atoms with Crippen LogP contribution < -0.4 is 0 Å². The molecule has 66 valence electrons. The first-order chi connectivity index (χ1) is 5.74. The Bertz CT molecular complexity index is 233. The molecule has 3 heteroatoms. The predicted octanol–water partition coefficient (Wildman–Crippen LogP) is 3.28. The maximum absolute atomic E-state index is 5.20. The molecule has 12 heavy (non-hydrogen) atoms. The zero-order valence-electron chi connectivity index (χ0n) is 7.09. The van der Waals surface area contributed by atoms with Gasteiger partial charge in [-0.25, -0.2) is 0 Å². The summed E-state index contributed by atoms with van der Waals surface area (Å²) >= 11 is 8.55. The lowest BCUT2D eigenvalue weighted by atomic mass is 10.1. The molecule has 0 amide bonds. The fourth-order valence-corrected chi connectivity index (χ4v) is 1.94. The monoisotopic (exact) mass is 245 g/mol. The van der Waals surface area contributed by atoms with Crippen molar-refractivity contribution in [3.8, 4) is 0 Å². The highest BCUT2D eigenvalue weighted by molar-refractivity contribution is 9.12. The van der Waals surface area contributed by atoms with E-state index in [4.69, 9.17) is 12.2 Å². The SMILES string of the molecule is CCCCC1N=CC(Br)=CC1=S. The summed E-state index contributed by atoms with van der Waals surface area (Å²) in [6.07, 6.45) is 7.31. The van der Waals surface area contributed by atoms with Gasteiger partial charge in [0.25, 0.3) is 0 Å². The first kappa shape index (κ1) is 10.1. The Balaban J connectivity index is 2.49. The van der Waals surface area contributed by atoms with Crippen LogP contribution in [-0.4, -0.2) is 17.1 Å². The molecule has 1 rings (SSSR count). The molecule has 1 aliphatic heterocycles. The molecule has 0 aromatic heterocycles. The van der Waals surface area contributed by atoms with Gasteiger partial charge in [-0.3, -0.25) is 4.99 Å². The predicted molar refractivity (Wildman–Crippen MR) is 61.4 cm³/mol. The summed E-state index contributed by atoms with van der Waals surface area (Å²) in [5.41, 5.74) is 0. The van der Waals surface area contributed by atoms with E-state index in [2.05, 4.69) is 27.8 Å². The normalized spacial score (nSPS) is 22.7. The summed E-state index contributed by atoms with van der Waals surface area (Å²) in [5, 5.41) is 0. The lowest BCUT2D eigenvalue weighted by molar-refractivity contribution is 0.682. The molecule has 0 saturated heterocycles. The van der Waals surface area contributed by atoms with Crippen molar-refractivity contribution in [1.82, 2.24) is 0 Å². The smallest absolute Gasteiger partial charge is 0.0850 e. The third-order valence-corrected chi connectivity index (χ3v) is 2.64. The van der Waals surface area contributed by atoms with Gasteiger partial charge in [-0.2, -0.15) is 0 Å². The summed E-state index contributed by atoms with van der Waals surface area (Å²) < 4.78 is 0.986. The number of nitrogens with zero attached hydrogens (tertiary/aromatic N) is 1. The first-order valence-electron chi connectivity index (χ1n) is 4.18. The van der Waals surface area contributed by atoms with Gasteiger partial charge < -0.3 is 0 Å². The third-order valence-electron chi connectivity index (χ3n) is 1.82. The second-order valence-electron chi connectivity index (χ2n) is 2.87. The number of hydrogen-bond donors (Lipinski definition) is 0. The summed E-state index contributed by atoms with van der Waals surface area (Å²) in [6.45, 7) is 2.18. The number of dihydropyridines is 1. The van der Waals surface area contributed by atoms with Crippen molar-refractivity contribution in [2.24, 2.45) is 4.99 Å². The van der Waals surface area contributed by atoms with E-state index < -0.39 is 0 Å². The van der Waals surface area contributed by atoms with Gasteiger partial charge in [0.15, 0.2) is 0 Å². The maximum Gasteiger partial charge on any atom is 0.0850 e. The van der Waals surface area contributed by atoms with Gasteiger partial charge in [0.05, 0.1) is 6.04 Å². The Hall–Kier alpha value is -0.0200. The average Bonchev–Trinajstić information content (AvgIpc) is 2.03. The summed E-state index contributed by atoms with van der Waals surface area (Å²) in [7, 11) is 0. The quantitative estimate of drug-likeness (QED) is 0.696. The van der Waals surface area contributed by atoms with Crippen LogP contribution in [0.2, 0.25) is 0 Å². The molecule has 1 nitrogen and oxygen atoms in total. The Morgan fingerprint density at radius 2 is 2.42 bits per heavy atom. The molecule has 1 heterocycles. The van der Waals surface area contributed by atoms with Crippen molar-refractivity contribution in [1.29, 1.82) is 0 Å². The Labute approximate surface area is 87.1 Å². The minimum Gasteiger partial charge on any atom is -0.283 e. The van der Waals surface area contributed by atoms with E-state index in [1.54, 1.807) is 0 Å². The number of thiocarbonyl (C=S) groups is 1. The molecule has 1 unspecified atom stereocenters. The van der Waals surface area contributed by atoms with Crippen LogP contribution in [0.5, 0.6) is 0 Å². The molecule has 0 saturated carbocycles. The molecule has 0 radical (unpaired) electrons. The van der Waals surface area contributed by atoms with Crippen LogP contribution >= 0.6 is 28.1 Å². The van der Waals surface area contributed by atoms with Crippen molar-refractivity contribution in [3.05, 3.63) is 10.6 Å². The van der Waals surface area contributed by atoms with Gasteiger partial charge in [-0.1, -0.05) is 32.0 Å². The van der Waals surface area contributed by atoms with Crippen LogP contribution in [0.15, 0.2) is 15.6 Å². The average molecular weight is 246 g/mol. The number of aliphatic imine (C=N–C) groups is 1. The zero-order valence-corrected chi connectivity index (χ0v) is 9.49. The minimum absolute atomic E-state index is 0.251. The molecule has 0 aliphatic carbocycles. The zero-order chi connectivity index (χ0) is 8.97. The summed E-state index contributed by atoms with van der Waals surface area (Å²) in [5.74, 6) is 0. The topological polar surface area (TPSA) is 12.4 Å². The van der Waals surface area contributed by atoms with E-state index in [1.807, 2.05) is 12.3 Å². The minimum atomic E-state index is 0.251. The molecule has 0 aromatic carbocycles. The Morgan fingerprint density at radius 1 is 1.67 bits per heavy atom. The third kappa shape index (κ3) is 2.79. The van der Waals surface area contributed by atoms with Crippen LogP contribution in [0.4, 0.5) is 0 Å². The molecule has 0 spiro atoms. The van der Waals surface area contributed by atoms with Crippen molar-refractivity contribution < 1.29 is 0 Å². The van der Waals surface area contributed by atoms with E-state index in [-0.39, 0.29) is 6.04 Å². The number of unbranched alkanes of at least 4 members (excludes halogenated alkanes) is 1. The van der Waals surface area contributed by atoms with Gasteiger partial charge in [0.1, 0.15) is 0 Å². The van der Waals surface area contributed by atoms with Crippen LogP contribution in [0.3, 0.4) is 0 Å². The maximum atomic E-state index is 5.20. The van der Waals surface area contributed by atoms with Crippen LogP contribution in [0.1, 0.15) is 26.2 Å². The molecule has 0 N–H and O–H groups in total. The van der Waals surface area contributed by atoms with Crippen molar-refractivity contribution in [2.45, 2.75) is 32.2 Å². The lowest BCUT2D eigenvalue weighted by Gasteiger charge is -2.13. The van der Waals surface area contributed by atoms with Gasteiger partial charge in [-0.15, -0.1) is 0 Å². The summed E-state index contributed by atoms with van der Waals surface area (Å²) in [6, 6.07) is 0.251. The molecular formula is C9H12BrNS. The molecule has 0 aromatic rings. The number of hydrogen-bond acceptors (Lipinski definition) is 2. The van der Waals surface area contributed by atoms with Gasteiger partial charge >= 0.3 is 0 Å². The fourth-order valence-electron chi connectivity index (χ4n) is 1.12. The van der Waals surface area contributed by atoms with Gasteiger partial charge in [0, 0.05) is 15.6 Å². The number of rotatable bonds is 3. The first-order valence-corrected chi connectivity index (χ1v) is 5.38. The van der Waals surface area contributed by atoms with Crippen LogP contribution in [0, 0.1) is 0 Å². The van der Waals surface area contributed by atoms with Crippen molar-refractivity contribution in [3.63, 3.8) is 0 Å². The Morgan fingerprint density at radius 3 is 3.00 bits per heavy atom. The van der Waals surface area contributed by atoms with Crippen LogP contribution in [-0.2, 0) is 0 Å². The molecular weight excluding hydrogens is 234 g/mol. The van der Waals surface area contributed by atoms with E-state index >= 15 is 0 Å². The standard InChI is InChI=1S/C9H12BrNS/c1-2-3-4-8-9(12)5-7(10)6-11-8/h5-6,8H,2-4H2,1H3. The molecule has 1 atom stereocenters. The molecule has 0 fully saturated rings. The Kier molecular flexibility index (Phi) is 4.09. The number of allylic oxidation sites excluding steroid dienone is 1. The van der Waals surface area contributed by atoms with Crippen molar-refractivity contribution in [2.75, 3.05) is 0 Å². The highest BCUT2D eigenvalue weighted by Crippen LogP contribution is 2.15.